The lowest BCUT2D eigenvalue weighted by atomic mass is 9.46. The van der Waals surface area contributed by atoms with E-state index in [1.807, 2.05) is 5.57 Å². The normalized spacial score (nSPS) is 36.7. The van der Waals surface area contributed by atoms with Gasteiger partial charge in [-0.25, -0.2) is 0 Å². The van der Waals surface area contributed by atoms with Crippen molar-refractivity contribution in [3.8, 4) is 0 Å². The molecule has 0 aromatic carbocycles. The summed E-state index contributed by atoms with van der Waals surface area (Å²) in [6, 6.07) is 0. The van der Waals surface area contributed by atoms with Crippen LogP contribution >= 0.6 is 0 Å². The maximum Gasteiger partial charge on any atom is 0.132 e. The molecule has 3 fully saturated rings. The van der Waals surface area contributed by atoms with Gasteiger partial charge in [-0.2, -0.15) is 0 Å². The van der Waals surface area contributed by atoms with E-state index < -0.39 is 0 Å². The van der Waals surface area contributed by atoms with Gasteiger partial charge < -0.3 is 0 Å². The van der Waals surface area contributed by atoms with E-state index in [0.717, 1.165) is 67.1 Å². The molecule has 0 radical (unpaired) electrons. The Morgan fingerprint density at radius 3 is 2.41 bits per heavy atom. The van der Waals surface area contributed by atoms with Crippen molar-refractivity contribution in [2.45, 2.75) is 170 Å². The Morgan fingerprint density at radius 1 is 0.872 bits per heavy atom. The predicted molar refractivity (Wildman–Crippen MR) is 169 cm³/mol. The highest BCUT2D eigenvalue weighted by Crippen LogP contribution is 2.67. The van der Waals surface area contributed by atoms with Gasteiger partial charge in [-0.15, -0.1) is 0 Å². The minimum Gasteiger partial charge on any atom is -0.300 e. The van der Waals surface area contributed by atoms with E-state index in [2.05, 4.69) is 47.6 Å². The van der Waals surface area contributed by atoms with Gasteiger partial charge in [0.05, 0.1) is 0 Å². The Hall–Kier alpha value is -0.590. The van der Waals surface area contributed by atoms with Gasteiger partial charge in [-0.1, -0.05) is 105 Å². The highest BCUT2D eigenvalue weighted by atomic mass is 16.1. The Kier molecular flexibility index (Phi) is 11.3. The summed E-state index contributed by atoms with van der Waals surface area (Å²) in [7, 11) is 0. The number of rotatable bonds is 15. The van der Waals surface area contributed by atoms with Crippen LogP contribution in [0.2, 0.25) is 0 Å². The molecule has 3 saturated carbocycles. The molecule has 8 atom stereocenters. The Balaban J connectivity index is 1.28. The summed E-state index contributed by atoms with van der Waals surface area (Å²) >= 11 is 0. The lowest BCUT2D eigenvalue weighted by Crippen LogP contribution is -2.50. The molecule has 224 valence electrons. The monoisotopic (exact) mass is 539 g/mol. The molecule has 4 aliphatic carbocycles. The fraction of sp³-hybridized carbons (Fsp3) is 0.921. The van der Waals surface area contributed by atoms with E-state index in [1.54, 1.807) is 0 Å². The standard InChI is InChI=1S/C38H66O/c1-7-8-9-10-11-12-16-32(39)19-17-30-23-25-37(5)31(27-30)18-20-33-35-22-21-34(29(4)15-13-14-28(2)3)38(35,6)26-24-36(33)37/h18,28-30,33-36H,7-17,19-27H2,1-6H3/t29-,30+,33+,34-,35?,36+,37+,38-/m1/s1. The highest BCUT2D eigenvalue weighted by Gasteiger charge is 2.59. The molecule has 0 spiro atoms. The number of carbonyl (C=O) groups excluding carboxylic acids is 1. The Morgan fingerprint density at radius 2 is 1.64 bits per heavy atom. The van der Waals surface area contributed by atoms with Crippen molar-refractivity contribution >= 4 is 5.78 Å². The molecule has 1 nitrogen and oxygen atoms in total. The Bertz CT molecular complexity index is 808. The van der Waals surface area contributed by atoms with Gasteiger partial charge in [-0.05, 0) is 116 Å². The first-order valence-corrected chi connectivity index (χ1v) is 17.9. The number of unbranched alkanes of at least 4 members (excludes halogenated alkanes) is 5. The average Bonchev–Trinajstić information content (AvgIpc) is 3.26. The van der Waals surface area contributed by atoms with Gasteiger partial charge in [0.25, 0.3) is 0 Å². The fourth-order valence-electron chi connectivity index (χ4n) is 10.6. The number of fused-ring (bicyclic) bond motifs is 5. The number of hydrogen-bond donors (Lipinski definition) is 0. The second-order valence-electron chi connectivity index (χ2n) is 16.0. The maximum atomic E-state index is 12.6. The summed E-state index contributed by atoms with van der Waals surface area (Å²) < 4.78 is 0. The van der Waals surface area contributed by atoms with E-state index in [9.17, 15) is 4.79 Å². The van der Waals surface area contributed by atoms with Crippen molar-refractivity contribution in [2.75, 3.05) is 0 Å². The molecule has 0 bridgehead atoms. The minimum absolute atomic E-state index is 0.449. The number of Topliss-reactive ketones (excluding diaryl/α,β-unsaturated/α-hetero) is 1. The van der Waals surface area contributed by atoms with Gasteiger partial charge in [0.2, 0.25) is 0 Å². The first-order chi connectivity index (χ1) is 18.7. The van der Waals surface area contributed by atoms with Gasteiger partial charge >= 0.3 is 0 Å². The van der Waals surface area contributed by atoms with E-state index in [1.165, 1.54) is 103 Å². The molecular weight excluding hydrogens is 472 g/mol. The van der Waals surface area contributed by atoms with Gasteiger partial charge in [0.1, 0.15) is 5.78 Å². The Labute approximate surface area is 244 Å². The third-order valence-electron chi connectivity index (χ3n) is 13.0. The molecule has 0 heterocycles. The van der Waals surface area contributed by atoms with Crippen LogP contribution in [0.5, 0.6) is 0 Å². The largest absolute Gasteiger partial charge is 0.300 e. The van der Waals surface area contributed by atoms with Crippen molar-refractivity contribution < 1.29 is 4.79 Å². The topological polar surface area (TPSA) is 17.1 Å². The van der Waals surface area contributed by atoms with Crippen LogP contribution in [0.3, 0.4) is 0 Å². The molecule has 0 aromatic heterocycles. The molecule has 4 rings (SSSR count). The summed E-state index contributed by atoms with van der Waals surface area (Å²) in [5.74, 6) is 6.81. The quantitative estimate of drug-likeness (QED) is 0.150. The second-order valence-corrected chi connectivity index (χ2v) is 16.0. The van der Waals surface area contributed by atoms with Gasteiger partial charge in [-0.3, -0.25) is 4.79 Å². The highest BCUT2D eigenvalue weighted by molar-refractivity contribution is 5.78. The third kappa shape index (κ3) is 7.25. The first kappa shape index (κ1) is 31.3. The van der Waals surface area contributed by atoms with Crippen molar-refractivity contribution in [3.05, 3.63) is 11.6 Å². The van der Waals surface area contributed by atoms with Crippen LogP contribution < -0.4 is 0 Å². The molecule has 4 aliphatic rings. The fourth-order valence-corrected chi connectivity index (χ4v) is 10.6. The van der Waals surface area contributed by atoms with Crippen LogP contribution in [-0.2, 0) is 4.79 Å². The third-order valence-corrected chi connectivity index (χ3v) is 13.0. The SMILES string of the molecule is CCCCCCCCC(=O)CC[C@H]1CC[C@@]2(C)C(=CC[C@H]3C4CC[C@H]([C@H](C)CCCC(C)C)[C@@]4(C)CC[C@@H]32)C1. The number of ketones is 1. The molecule has 0 N–H and O–H groups in total. The summed E-state index contributed by atoms with van der Waals surface area (Å²) in [6.07, 6.45) is 28.9. The van der Waals surface area contributed by atoms with E-state index in [4.69, 9.17) is 0 Å². The number of allylic oxidation sites excluding steroid dienone is 2. The van der Waals surface area contributed by atoms with E-state index in [0.29, 0.717) is 16.6 Å². The van der Waals surface area contributed by atoms with Crippen molar-refractivity contribution in [1.82, 2.24) is 0 Å². The first-order valence-electron chi connectivity index (χ1n) is 17.9. The maximum absolute atomic E-state index is 12.6. The van der Waals surface area contributed by atoms with Gasteiger partial charge in [0, 0.05) is 12.8 Å². The van der Waals surface area contributed by atoms with Crippen LogP contribution in [0.1, 0.15) is 170 Å². The molecular formula is C38H66O. The molecule has 1 unspecified atom stereocenters. The summed E-state index contributed by atoms with van der Waals surface area (Å²) in [5.41, 5.74) is 2.85. The average molecular weight is 539 g/mol. The van der Waals surface area contributed by atoms with Gasteiger partial charge in [0.15, 0.2) is 0 Å². The molecule has 0 amide bonds. The molecule has 0 aromatic rings. The lowest BCUT2D eigenvalue weighted by molar-refractivity contribution is -0.119. The predicted octanol–water partition coefficient (Wildman–Crippen LogP) is 11.7. The second kappa shape index (κ2) is 14.1. The zero-order valence-electron chi connectivity index (χ0n) is 27.2. The number of carbonyl (C=O) groups is 1. The van der Waals surface area contributed by atoms with Crippen molar-refractivity contribution in [1.29, 1.82) is 0 Å². The summed E-state index contributed by atoms with van der Waals surface area (Å²) in [4.78, 5) is 12.6. The molecule has 0 saturated heterocycles. The zero-order valence-corrected chi connectivity index (χ0v) is 27.2. The van der Waals surface area contributed by atoms with E-state index >= 15 is 0 Å². The smallest absolute Gasteiger partial charge is 0.132 e. The van der Waals surface area contributed by atoms with Crippen LogP contribution in [-0.4, -0.2) is 5.78 Å². The summed E-state index contributed by atoms with van der Waals surface area (Å²) in [5, 5.41) is 0. The summed E-state index contributed by atoms with van der Waals surface area (Å²) in [6.45, 7) is 15.0. The minimum atomic E-state index is 0.449. The van der Waals surface area contributed by atoms with E-state index in [-0.39, 0.29) is 0 Å². The molecule has 1 heteroatoms. The van der Waals surface area contributed by atoms with Crippen LogP contribution in [0.15, 0.2) is 11.6 Å². The van der Waals surface area contributed by atoms with Crippen LogP contribution in [0, 0.1) is 52.3 Å². The van der Waals surface area contributed by atoms with Crippen molar-refractivity contribution in [3.63, 3.8) is 0 Å². The van der Waals surface area contributed by atoms with Crippen LogP contribution in [0.25, 0.3) is 0 Å². The number of hydrogen-bond acceptors (Lipinski definition) is 1. The van der Waals surface area contributed by atoms with Crippen LogP contribution in [0.4, 0.5) is 0 Å². The zero-order chi connectivity index (χ0) is 28.0. The molecule has 0 aliphatic heterocycles. The van der Waals surface area contributed by atoms with Crippen molar-refractivity contribution in [2.24, 2.45) is 52.3 Å². The molecule has 39 heavy (non-hydrogen) atoms. The lowest BCUT2D eigenvalue weighted by Gasteiger charge is -2.58.